The molecule has 1 atom stereocenters. The lowest BCUT2D eigenvalue weighted by Crippen LogP contribution is -2.52. The van der Waals surface area contributed by atoms with Crippen LogP contribution in [0, 0.1) is 5.41 Å². The van der Waals surface area contributed by atoms with Gasteiger partial charge in [-0.2, -0.15) is 0 Å². The van der Waals surface area contributed by atoms with Crippen molar-refractivity contribution in [2.24, 2.45) is 5.41 Å². The van der Waals surface area contributed by atoms with Gasteiger partial charge in [0.15, 0.2) is 0 Å². The van der Waals surface area contributed by atoms with Crippen LogP contribution in [0.5, 0.6) is 0 Å². The second-order valence-corrected chi connectivity index (χ2v) is 6.16. The van der Waals surface area contributed by atoms with Gasteiger partial charge >= 0.3 is 0 Å². The zero-order valence-corrected chi connectivity index (χ0v) is 11.8. The molecule has 18 heavy (non-hydrogen) atoms. The zero-order chi connectivity index (χ0) is 13.0. The first-order valence-electron chi connectivity index (χ1n) is 6.89. The van der Waals surface area contributed by atoms with Crippen LogP contribution in [0.4, 0.5) is 0 Å². The maximum absolute atomic E-state index is 4.17. The van der Waals surface area contributed by atoms with Gasteiger partial charge in [-0.15, -0.1) is 0 Å². The minimum absolute atomic E-state index is 0.404. The van der Waals surface area contributed by atoms with Crippen molar-refractivity contribution in [3.05, 3.63) is 30.1 Å². The van der Waals surface area contributed by atoms with E-state index < -0.39 is 0 Å². The highest BCUT2D eigenvalue weighted by Crippen LogP contribution is 2.30. The lowest BCUT2D eigenvalue weighted by atomic mass is 9.77. The van der Waals surface area contributed by atoms with E-state index >= 15 is 0 Å². The number of likely N-dealkylation sites (N-methyl/N-ethyl adjacent to an activating group) is 1. The number of hydrogen-bond acceptors (Lipinski definition) is 3. The van der Waals surface area contributed by atoms with Crippen LogP contribution < -0.4 is 5.32 Å². The van der Waals surface area contributed by atoms with Crippen molar-refractivity contribution in [3.8, 4) is 0 Å². The Balaban J connectivity index is 1.89. The first-order valence-corrected chi connectivity index (χ1v) is 6.89. The van der Waals surface area contributed by atoms with Crippen LogP contribution in [-0.4, -0.2) is 36.1 Å². The average Bonchev–Trinajstić information content (AvgIpc) is 2.33. The number of aromatic nitrogens is 1. The van der Waals surface area contributed by atoms with Crippen LogP contribution in [0.15, 0.2) is 24.5 Å². The summed E-state index contributed by atoms with van der Waals surface area (Å²) in [7, 11) is 2.19. The van der Waals surface area contributed by atoms with Crippen molar-refractivity contribution in [1.29, 1.82) is 0 Å². The molecule has 0 radical (unpaired) electrons. The third kappa shape index (κ3) is 3.53. The summed E-state index contributed by atoms with van der Waals surface area (Å²) in [6, 6.07) is 4.74. The minimum Gasteiger partial charge on any atom is -0.312 e. The Morgan fingerprint density at radius 1 is 1.50 bits per heavy atom. The zero-order valence-electron chi connectivity index (χ0n) is 11.8. The number of pyridine rings is 1. The Labute approximate surface area is 111 Å². The molecule has 0 aliphatic carbocycles. The van der Waals surface area contributed by atoms with Crippen molar-refractivity contribution in [2.45, 2.75) is 39.3 Å². The molecule has 3 nitrogen and oxygen atoms in total. The molecule has 3 heteroatoms. The number of nitrogens with zero attached hydrogens (tertiary/aromatic N) is 2. The van der Waals surface area contributed by atoms with E-state index in [1.54, 1.807) is 0 Å². The van der Waals surface area contributed by atoms with E-state index in [1.807, 2.05) is 18.5 Å². The van der Waals surface area contributed by atoms with E-state index in [0.717, 1.165) is 19.6 Å². The molecule has 1 fully saturated rings. The molecule has 2 heterocycles. The van der Waals surface area contributed by atoms with Crippen molar-refractivity contribution < 1.29 is 0 Å². The smallest absolute Gasteiger partial charge is 0.0312 e. The fourth-order valence-electron chi connectivity index (χ4n) is 2.76. The molecule has 0 bridgehead atoms. The summed E-state index contributed by atoms with van der Waals surface area (Å²) in [6.45, 7) is 7.99. The third-order valence-electron chi connectivity index (χ3n) is 4.00. The predicted octanol–water partition coefficient (Wildman–Crippen LogP) is 2.29. The largest absolute Gasteiger partial charge is 0.312 e. The summed E-state index contributed by atoms with van der Waals surface area (Å²) >= 11 is 0. The number of piperidine rings is 1. The monoisotopic (exact) mass is 247 g/mol. The minimum atomic E-state index is 0.404. The SMILES string of the molecule is CN(Cc1cccnc1)CC1NCCCC1(C)C. The third-order valence-corrected chi connectivity index (χ3v) is 4.00. The van der Waals surface area contributed by atoms with Gasteiger partial charge in [-0.3, -0.25) is 4.98 Å². The van der Waals surface area contributed by atoms with Crippen LogP contribution in [0.2, 0.25) is 0 Å². The number of hydrogen-bond donors (Lipinski definition) is 1. The summed E-state index contributed by atoms with van der Waals surface area (Å²) in [5.74, 6) is 0. The molecule has 1 N–H and O–H groups in total. The van der Waals surface area contributed by atoms with Crippen molar-refractivity contribution in [3.63, 3.8) is 0 Å². The maximum Gasteiger partial charge on any atom is 0.0312 e. The molecule has 0 aromatic carbocycles. The highest BCUT2D eigenvalue weighted by atomic mass is 15.1. The Morgan fingerprint density at radius 2 is 2.33 bits per heavy atom. The van der Waals surface area contributed by atoms with E-state index in [0.29, 0.717) is 11.5 Å². The van der Waals surface area contributed by atoms with Gasteiger partial charge in [-0.25, -0.2) is 0 Å². The summed E-state index contributed by atoms with van der Waals surface area (Å²) in [5.41, 5.74) is 1.69. The first kappa shape index (κ1) is 13.5. The highest BCUT2D eigenvalue weighted by Gasteiger charge is 2.32. The van der Waals surface area contributed by atoms with Gasteiger partial charge in [0.1, 0.15) is 0 Å². The van der Waals surface area contributed by atoms with E-state index in [1.165, 1.54) is 18.4 Å². The second-order valence-electron chi connectivity index (χ2n) is 6.16. The molecule has 1 aromatic rings. The molecule has 0 amide bonds. The van der Waals surface area contributed by atoms with Crippen LogP contribution in [0.1, 0.15) is 32.3 Å². The standard InChI is InChI=1S/C15H25N3/c1-15(2)7-5-9-17-14(15)12-18(3)11-13-6-4-8-16-10-13/h4,6,8,10,14,17H,5,7,9,11-12H2,1-3H3. The van der Waals surface area contributed by atoms with Gasteiger partial charge in [0.05, 0.1) is 0 Å². The summed E-state index contributed by atoms with van der Waals surface area (Å²) in [6.07, 6.45) is 6.41. The van der Waals surface area contributed by atoms with Gasteiger partial charge in [0.25, 0.3) is 0 Å². The van der Waals surface area contributed by atoms with Crippen LogP contribution in [0.3, 0.4) is 0 Å². The Hall–Kier alpha value is -0.930. The lowest BCUT2D eigenvalue weighted by Gasteiger charge is -2.41. The molecule has 1 aliphatic heterocycles. The summed E-state index contributed by atoms with van der Waals surface area (Å²) in [4.78, 5) is 6.56. The van der Waals surface area contributed by atoms with Crippen molar-refractivity contribution >= 4 is 0 Å². The number of rotatable bonds is 4. The summed E-state index contributed by atoms with van der Waals surface area (Å²) < 4.78 is 0. The Bertz CT molecular complexity index is 361. The van der Waals surface area contributed by atoms with Crippen molar-refractivity contribution in [1.82, 2.24) is 15.2 Å². The van der Waals surface area contributed by atoms with Gasteiger partial charge in [-0.05, 0) is 43.5 Å². The maximum atomic E-state index is 4.17. The molecule has 1 aromatic heterocycles. The van der Waals surface area contributed by atoms with E-state index in [-0.39, 0.29) is 0 Å². The van der Waals surface area contributed by atoms with E-state index in [2.05, 4.69) is 42.2 Å². The van der Waals surface area contributed by atoms with E-state index in [4.69, 9.17) is 0 Å². The second kappa shape index (κ2) is 5.81. The van der Waals surface area contributed by atoms with Crippen molar-refractivity contribution in [2.75, 3.05) is 20.1 Å². The molecular formula is C15H25N3. The van der Waals surface area contributed by atoms with Gasteiger partial charge in [0, 0.05) is 31.5 Å². The fraction of sp³-hybridized carbons (Fsp3) is 0.667. The fourth-order valence-corrected chi connectivity index (χ4v) is 2.76. The lowest BCUT2D eigenvalue weighted by molar-refractivity contribution is 0.136. The van der Waals surface area contributed by atoms with Gasteiger partial charge < -0.3 is 10.2 Å². The Morgan fingerprint density at radius 3 is 3.00 bits per heavy atom. The van der Waals surface area contributed by atoms with E-state index in [9.17, 15) is 0 Å². The average molecular weight is 247 g/mol. The molecule has 1 unspecified atom stereocenters. The van der Waals surface area contributed by atoms with Crippen LogP contribution >= 0.6 is 0 Å². The summed E-state index contributed by atoms with van der Waals surface area (Å²) in [5, 5.41) is 3.67. The molecule has 2 rings (SSSR count). The topological polar surface area (TPSA) is 28.2 Å². The van der Waals surface area contributed by atoms with Crippen LogP contribution in [-0.2, 0) is 6.54 Å². The molecular weight excluding hydrogens is 222 g/mol. The molecule has 0 spiro atoms. The highest BCUT2D eigenvalue weighted by molar-refractivity contribution is 5.08. The van der Waals surface area contributed by atoms with Crippen LogP contribution in [0.25, 0.3) is 0 Å². The quantitative estimate of drug-likeness (QED) is 0.885. The molecule has 1 saturated heterocycles. The Kier molecular flexibility index (Phi) is 4.36. The number of nitrogens with one attached hydrogen (secondary N) is 1. The normalized spacial score (nSPS) is 23.2. The van der Waals surface area contributed by atoms with Gasteiger partial charge in [-0.1, -0.05) is 19.9 Å². The first-order chi connectivity index (χ1) is 8.58. The molecule has 100 valence electrons. The molecule has 1 aliphatic rings. The molecule has 0 saturated carbocycles. The van der Waals surface area contributed by atoms with Gasteiger partial charge in [0.2, 0.25) is 0 Å². The predicted molar refractivity (Wildman–Crippen MR) is 75.4 cm³/mol.